The molecule has 22 heavy (non-hydrogen) atoms. The summed E-state index contributed by atoms with van der Waals surface area (Å²) in [6, 6.07) is 32.5. The molecule has 0 N–H and O–H groups in total. The van der Waals surface area contributed by atoms with E-state index in [0.29, 0.717) is 0 Å². The van der Waals surface area contributed by atoms with Crippen LogP contribution in [0.25, 0.3) is 0 Å². The van der Waals surface area contributed by atoms with Crippen LogP contribution >= 0.6 is 39.8 Å². The molecule has 3 aromatic rings. The van der Waals surface area contributed by atoms with E-state index in [1.807, 2.05) is 0 Å². The third-order valence-corrected chi connectivity index (χ3v) is 5.92. The fourth-order valence-corrected chi connectivity index (χ4v) is 4.89. The van der Waals surface area contributed by atoms with Gasteiger partial charge in [0.15, 0.2) is 0 Å². The summed E-state index contributed by atoms with van der Waals surface area (Å²) in [6.07, 6.45) is 0. The predicted molar refractivity (Wildman–Crippen MR) is 109 cm³/mol. The van der Waals surface area contributed by atoms with Gasteiger partial charge in [-0.3, -0.25) is 0 Å². The van der Waals surface area contributed by atoms with E-state index >= 15 is 0 Å². The van der Waals surface area contributed by atoms with Gasteiger partial charge in [-0.15, -0.1) is 0 Å². The van der Waals surface area contributed by atoms with Gasteiger partial charge in [0.25, 0.3) is 0 Å². The second-order valence-electron chi connectivity index (χ2n) is 4.57. The molecule has 0 aliphatic heterocycles. The fourth-order valence-electron chi connectivity index (χ4n) is 2.31. The van der Waals surface area contributed by atoms with Gasteiger partial charge in [0.1, 0.15) is 15.9 Å². The molecule has 112 valence electrons. The highest BCUT2D eigenvalue weighted by Gasteiger charge is 2.24. The highest BCUT2D eigenvalue weighted by atomic mass is 79.9. The lowest BCUT2D eigenvalue weighted by Crippen LogP contribution is -2.20. The SMILES string of the molecule is BrCBr.c1ccc([PH+](c2ccccc2)c2ccccc2)cc1. The van der Waals surface area contributed by atoms with E-state index in [1.165, 1.54) is 15.9 Å². The van der Waals surface area contributed by atoms with Crippen LogP contribution in [-0.2, 0) is 0 Å². The zero-order valence-electron chi connectivity index (χ0n) is 12.1. The first-order valence-electron chi connectivity index (χ1n) is 7.02. The van der Waals surface area contributed by atoms with Crippen molar-refractivity contribution >= 4 is 55.7 Å². The van der Waals surface area contributed by atoms with Gasteiger partial charge in [0.05, 0.1) is 12.2 Å². The predicted octanol–water partition coefficient (Wildman–Crippen LogP) is 4.91. The number of rotatable bonds is 3. The molecular weight excluding hydrogens is 419 g/mol. The molecule has 0 aromatic heterocycles. The van der Waals surface area contributed by atoms with Crippen molar-refractivity contribution < 1.29 is 0 Å². The average molecular weight is 437 g/mol. The number of alkyl halides is 2. The van der Waals surface area contributed by atoms with Crippen molar-refractivity contribution in [1.29, 1.82) is 0 Å². The van der Waals surface area contributed by atoms with Crippen molar-refractivity contribution in [2.75, 3.05) is 4.24 Å². The third-order valence-electron chi connectivity index (χ3n) is 3.19. The summed E-state index contributed by atoms with van der Waals surface area (Å²) in [4.78, 5) is 0. The molecule has 0 heterocycles. The van der Waals surface area contributed by atoms with Gasteiger partial charge in [-0.2, -0.15) is 0 Å². The molecule has 0 fully saturated rings. The van der Waals surface area contributed by atoms with Crippen LogP contribution in [-0.4, -0.2) is 4.24 Å². The largest absolute Gasteiger partial charge is 0.102 e. The Morgan fingerprint density at radius 3 is 0.955 bits per heavy atom. The Balaban J connectivity index is 0.000000545. The minimum atomic E-state index is -0.877. The first kappa shape index (κ1) is 17.4. The van der Waals surface area contributed by atoms with E-state index in [9.17, 15) is 0 Å². The number of halogens is 2. The van der Waals surface area contributed by atoms with E-state index in [-0.39, 0.29) is 0 Å². The molecule has 0 aliphatic carbocycles. The summed E-state index contributed by atoms with van der Waals surface area (Å²) < 4.78 is 0.875. The lowest BCUT2D eigenvalue weighted by atomic mass is 10.4. The van der Waals surface area contributed by atoms with Gasteiger partial charge in [-0.05, 0) is 36.4 Å². The van der Waals surface area contributed by atoms with Gasteiger partial charge in [-0.25, -0.2) is 0 Å². The second kappa shape index (κ2) is 9.94. The van der Waals surface area contributed by atoms with Crippen molar-refractivity contribution in [3.63, 3.8) is 0 Å². The second-order valence-corrected chi connectivity index (χ2v) is 9.68. The van der Waals surface area contributed by atoms with Crippen molar-refractivity contribution in [1.82, 2.24) is 0 Å². The Kier molecular flexibility index (Phi) is 7.87. The molecule has 0 atom stereocenters. The van der Waals surface area contributed by atoms with Gasteiger partial charge in [0, 0.05) is 0 Å². The maximum absolute atomic E-state index is 3.06. The molecule has 0 nitrogen and oxygen atoms in total. The van der Waals surface area contributed by atoms with Crippen LogP contribution < -0.4 is 15.9 Å². The summed E-state index contributed by atoms with van der Waals surface area (Å²) in [5.74, 6) is 0. The minimum Gasteiger partial charge on any atom is -0.0802 e. The van der Waals surface area contributed by atoms with E-state index < -0.39 is 7.92 Å². The lowest BCUT2D eigenvalue weighted by molar-refractivity contribution is 1.74. The highest BCUT2D eigenvalue weighted by molar-refractivity contribution is 9.24. The molecule has 0 bridgehead atoms. The Morgan fingerprint density at radius 1 is 0.500 bits per heavy atom. The van der Waals surface area contributed by atoms with E-state index in [1.54, 1.807) is 0 Å². The molecule has 0 aliphatic rings. The number of hydrogen-bond donors (Lipinski definition) is 0. The normalized spacial score (nSPS) is 9.95. The zero-order valence-corrected chi connectivity index (χ0v) is 16.3. The molecule has 0 unspecified atom stereocenters. The Hall–Kier alpha value is -0.950. The molecule has 0 saturated heterocycles. The molecule has 0 radical (unpaired) electrons. The summed E-state index contributed by atoms with van der Waals surface area (Å²) >= 11 is 6.12. The Labute approximate surface area is 150 Å². The van der Waals surface area contributed by atoms with Crippen LogP contribution in [0, 0.1) is 0 Å². The first-order chi connectivity index (χ1) is 10.9. The first-order valence-corrected chi connectivity index (χ1v) is 10.8. The lowest BCUT2D eigenvalue weighted by Gasteiger charge is -2.10. The maximum atomic E-state index is 3.06. The van der Waals surface area contributed by atoms with E-state index in [2.05, 4.69) is 123 Å². The number of hydrogen-bond acceptors (Lipinski definition) is 0. The topological polar surface area (TPSA) is 0 Å². The molecule has 0 spiro atoms. The maximum Gasteiger partial charge on any atom is 0.102 e. The van der Waals surface area contributed by atoms with Gasteiger partial charge < -0.3 is 0 Å². The molecule has 0 saturated carbocycles. The van der Waals surface area contributed by atoms with Crippen molar-refractivity contribution in [2.45, 2.75) is 0 Å². The quantitative estimate of drug-likeness (QED) is 0.404. The van der Waals surface area contributed by atoms with Crippen molar-refractivity contribution in [3.05, 3.63) is 91.0 Å². The fraction of sp³-hybridized carbons (Fsp3) is 0.0526. The third kappa shape index (κ3) is 5.05. The van der Waals surface area contributed by atoms with Crippen LogP contribution in [0.15, 0.2) is 91.0 Å². The van der Waals surface area contributed by atoms with Crippen molar-refractivity contribution in [2.24, 2.45) is 0 Å². The standard InChI is InChI=1S/C18H15P.CH2Br2/c1-4-10-16(11-5-1)19(17-12-6-2-7-13-17)18-14-8-3-9-15-18;2-1-3/h1-15H;1H2/p+1. The average Bonchev–Trinajstić information content (AvgIpc) is 2.59. The molecule has 3 aromatic carbocycles. The number of benzene rings is 3. The summed E-state index contributed by atoms with van der Waals surface area (Å²) in [7, 11) is -0.877. The summed E-state index contributed by atoms with van der Waals surface area (Å²) in [5.41, 5.74) is 0. The smallest absolute Gasteiger partial charge is 0.0802 e. The van der Waals surface area contributed by atoms with Gasteiger partial charge in [-0.1, -0.05) is 86.5 Å². The van der Waals surface area contributed by atoms with Gasteiger partial charge in [0.2, 0.25) is 0 Å². The molecule has 3 heteroatoms. The Morgan fingerprint density at radius 2 is 0.727 bits per heavy atom. The molecule has 0 amide bonds. The van der Waals surface area contributed by atoms with Crippen LogP contribution in [0.1, 0.15) is 0 Å². The highest BCUT2D eigenvalue weighted by Crippen LogP contribution is 2.32. The van der Waals surface area contributed by atoms with Crippen LogP contribution in [0.2, 0.25) is 0 Å². The van der Waals surface area contributed by atoms with Crippen molar-refractivity contribution in [3.8, 4) is 0 Å². The van der Waals surface area contributed by atoms with Gasteiger partial charge >= 0.3 is 0 Å². The zero-order chi connectivity index (χ0) is 15.6. The van der Waals surface area contributed by atoms with Crippen LogP contribution in [0.3, 0.4) is 0 Å². The molecule has 3 rings (SSSR count). The Bertz CT molecular complexity index is 548. The molecular formula is C19H18Br2P+. The summed E-state index contributed by atoms with van der Waals surface area (Å²) in [6.45, 7) is 0. The van der Waals surface area contributed by atoms with E-state index in [4.69, 9.17) is 0 Å². The van der Waals surface area contributed by atoms with E-state index in [0.717, 1.165) is 4.24 Å². The monoisotopic (exact) mass is 435 g/mol. The minimum absolute atomic E-state index is 0.875. The summed E-state index contributed by atoms with van der Waals surface area (Å²) in [5, 5.41) is 4.31. The van der Waals surface area contributed by atoms with Crippen LogP contribution in [0.5, 0.6) is 0 Å². The van der Waals surface area contributed by atoms with Crippen LogP contribution in [0.4, 0.5) is 0 Å².